The first kappa shape index (κ1) is 10.7. The van der Waals surface area contributed by atoms with Crippen molar-refractivity contribution in [2.75, 3.05) is 5.73 Å². The van der Waals surface area contributed by atoms with E-state index in [2.05, 4.69) is 10.2 Å². The molecular formula is C12H15N3O. The maximum Gasteiger partial charge on any atom is 0.145 e. The molecule has 0 bridgehead atoms. The third-order valence-electron chi connectivity index (χ3n) is 2.47. The quantitative estimate of drug-likeness (QED) is 0.719. The number of aromatic nitrogens is 2. The van der Waals surface area contributed by atoms with Crippen LogP contribution in [0.4, 0.5) is 5.82 Å². The van der Waals surface area contributed by atoms with Crippen LogP contribution in [0.25, 0.3) is 11.3 Å². The first-order valence-electron chi connectivity index (χ1n) is 5.11. The standard InChI is InChI=1S/C12H15N3O/c1-12(2,16)9-6-4-3-5-8(9)10-7-11(13)15-14-10/h3-7,16H,1-2H3,(H3,13,14,15). The fourth-order valence-electron chi connectivity index (χ4n) is 1.73. The summed E-state index contributed by atoms with van der Waals surface area (Å²) in [4.78, 5) is 0. The summed E-state index contributed by atoms with van der Waals surface area (Å²) in [5, 5.41) is 16.8. The first-order chi connectivity index (χ1) is 7.48. The van der Waals surface area contributed by atoms with Crippen molar-refractivity contribution in [3.05, 3.63) is 35.9 Å². The number of anilines is 1. The number of nitrogens with two attached hydrogens (primary N) is 1. The Hall–Kier alpha value is -1.81. The zero-order chi connectivity index (χ0) is 11.8. The Bertz CT molecular complexity index is 497. The lowest BCUT2D eigenvalue weighted by Gasteiger charge is -2.20. The molecule has 16 heavy (non-hydrogen) atoms. The number of aliphatic hydroxyl groups is 1. The maximum absolute atomic E-state index is 10.1. The van der Waals surface area contributed by atoms with Crippen LogP contribution in [0, 0.1) is 0 Å². The maximum atomic E-state index is 10.1. The summed E-state index contributed by atoms with van der Waals surface area (Å²) in [5.74, 6) is 0.445. The highest BCUT2D eigenvalue weighted by molar-refractivity contribution is 5.66. The van der Waals surface area contributed by atoms with Gasteiger partial charge >= 0.3 is 0 Å². The molecule has 0 aliphatic rings. The summed E-state index contributed by atoms with van der Waals surface area (Å²) in [6, 6.07) is 9.40. The predicted octanol–water partition coefficient (Wildman–Crippen LogP) is 1.89. The molecule has 84 valence electrons. The lowest BCUT2D eigenvalue weighted by Crippen LogP contribution is -2.16. The molecule has 2 rings (SSSR count). The molecule has 0 radical (unpaired) electrons. The van der Waals surface area contributed by atoms with Crippen LogP contribution in [0.3, 0.4) is 0 Å². The van der Waals surface area contributed by atoms with Gasteiger partial charge in [0.05, 0.1) is 11.3 Å². The largest absolute Gasteiger partial charge is 0.386 e. The molecule has 0 aliphatic carbocycles. The molecule has 4 nitrogen and oxygen atoms in total. The lowest BCUT2D eigenvalue weighted by molar-refractivity contribution is 0.0792. The number of benzene rings is 1. The second-order valence-corrected chi connectivity index (χ2v) is 4.31. The first-order valence-corrected chi connectivity index (χ1v) is 5.11. The van der Waals surface area contributed by atoms with E-state index in [1.165, 1.54) is 0 Å². The van der Waals surface area contributed by atoms with E-state index < -0.39 is 5.60 Å². The fraction of sp³-hybridized carbons (Fsp3) is 0.250. The van der Waals surface area contributed by atoms with E-state index in [1.807, 2.05) is 24.3 Å². The summed E-state index contributed by atoms with van der Waals surface area (Å²) in [7, 11) is 0. The summed E-state index contributed by atoms with van der Waals surface area (Å²) in [6.45, 7) is 3.51. The zero-order valence-corrected chi connectivity index (χ0v) is 9.36. The molecule has 2 aromatic rings. The number of H-pyrrole nitrogens is 1. The van der Waals surface area contributed by atoms with E-state index >= 15 is 0 Å². The Balaban J connectivity index is 2.57. The van der Waals surface area contributed by atoms with Crippen molar-refractivity contribution in [1.82, 2.24) is 10.2 Å². The van der Waals surface area contributed by atoms with Crippen LogP contribution >= 0.6 is 0 Å². The molecule has 0 aliphatic heterocycles. The van der Waals surface area contributed by atoms with E-state index in [9.17, 15) is 5.11 Å². The van der Waals surface area contributed by atoms with Gasteiger partial charge < -0.3 is 10.8 Å². The van der Waals surface area contributed by atoms with Gasteiger partial charge in [-0.2, -0.15) is 5.10 Å². The van der Waals surface area contributed by atoms with Gasteiger partial charge in [0, 0.05) is 11.6 Å². The minimum atomic E-state index is -0.892. The van der Waals surface area contributed by atoms with E-state index in [0.29, 0.717) is 5.82 Å². The van der Waals surface area contributed by atoms with Crippen molar-refractivity contribution in [1.29, 1.82) is 0 Å². The van der Waals surface area contributed by atoms with Crippen LogP contribution in [-0.2, 0) is 5.60 Å². The minimum Gasteiger partial charge on any atom is -0.386 e. The molecular weight excluding hydrogens is 202 g/mol. The Labute approximate surface area is 94.1 Å². The van der Waals surface area contributed by atoms with E-state index in [1.54, 1.807) is 19.9 Å². The van der Waals surface area contributed by atoms with E-state index in [-0.39, 0.29) is 0 Å². The smallest absolute Gasteiger partial charge is 0.145 e. The van der Waals surface area contributed by atoms with Gasteiger partial charge in [-0.1, -0.05) is 24.3 Å². The topological polar surface area (TPSA) is 74.9 Å². The van der Waals surface area contributed by atoms with Crippen LogP contribution in [0.1, 0.15) is 19.4 Å². The van der Waals surface area contributed by atoms with Crippen LogP contribution in [0.2, 0.25) is 0 Å². The monoisotopic (exact) mass is 217 g/mol. The molecule has 1 aromatic carbocycles. The van der Waals surface area contributed by atoms with Gasteiger partial charge in [-0.25, -0.2) is 0 Å². The molecule has 0 fully saturated rings. The molecule has 0 saturated carbocycles. The summed E-state index contributed by atoms with van der Waals surface area (Å²) in [5.41, 5.74) is 7.25. The molecule has 0 atom stereocenters. The van der Waals surface area contributed by atoms with Crippen LogP contribution in [0.5, 0.6) is 0 Å². The Morgan fingerprint density at radius 3 is 2.56 bits per heavy atom. The molecule has 4 N–H and O–H groups in total. The fourth-order valence-corrected chi connectivity index (χ4v) is 1.73. The number of nitrogens with one attached hydrogen (secondary N) is 1. The third-order valence-corrected chi connectivity index (χ3v) is 2.47. The zero-order valence-electron chi connectivity index (χ0n) is 9.36. The lowest BCUT2D eigenvalue weighted by atomic mass is 9.92. The number of aromatic amines is 1. The number of rotatable bonds is 2. The Morgan fingerprint density at radius 2 is 2.00 bits per heavy atom. The molecule has 0 amide bonds. The van der Waals surface area contributed by atoms with Gasteiger partial charge in [0.2, 0.25) is 0 Å². The van der Waals surface area contributed by atoms with Crippen molar-refractivity contribution in [3.8, 4) is 11.3 Å². The average Bonchev–Trinajstić information content (AvgIpc) is 2.64. The van der Waals surface area contributed by atoms with Gasteiger partial charge in [-0.15, -0.1) is 0 Å². The molecule has 0 unspecified atom stereocenters. The van der Waals surface area contributed by atoms with Gasteiger partial charge in [0.1, 0.15) is 5.82 Å². The highest BCUT2D eigenvalue weighted by Crippen LogP contribution is 2.30. The number of nitrogen functional groups attached to an aromatic ring is 1. The van der Waals surface area contributed by atoms with Crippen molar-refractivity contribution < 1.29 is 5.11 Å². The molecule has 0 spiro atoms. The Morgan fingerprint density at radius 1 is 1.31 bits per heavy atom. The highest BCUT2D eigenvalue weighted by Gasteiger charge is 2.20. The number of hydrogen-bond acceptors (Lipinski definition) is 3. The van der Waals surface area contributed by atoms with Crippen LogP contribution in [-0.4, -0.2) is 15.3 Å². The molecule has 1 heterocycles. The summed E-state index contributed by atoms with van der Waals surface area (Å²) < 4.78 is 0. The second kappa shape index (κ2) is 3.64. The number of nitrogens with zero attached hydrogens (tertiary/aromatic N) is 1. The Kier molecular flexibility index (Phi) is 2.44. The van der Waals surface area contributed by atoms with Gasteiger partial charge in [0.15, 0.2) is 0 Å². The molecule has 1 aromatic heterocycles. The predicted molar refractivity (Wildman–Crippen MR) is 63.7 cm³/mol. The van der Waals surface area contributed by atoms with Crippen molar-refractivity contribution in [3.63, 3.8) is 0 Å². The highest BCUT2D eigenvalue weighted by atomic mass is 16.3. The van der Waals surface area contributed by atoms with Crippen LogP contribution < -0.4 is 5.73 Å². The molecule has 0 saturated heterocycles. The van der Waals surface area contributed by atoms with Gasteiger partial charge in [0.25, 0.3) is 0 Å². The SMILES string of the molecule is CC(C)(O)c1ccccc1-c1cc(N)n[nH]1. The second-order valence-electron chi connectivity index (χ2n) is 4.31. The van der Waals surface area contributed by atoms with Crippen molar-refractivity contribution >= 4 is 5.82 Å². The molecule has 4 heteroatoms. The third kappa shape index (κ3) is 1.92. The minimum absolute atomic E-state index is 0.445. The van der Waals surface area contributed by atoms with Crippen molar-refractivity contribution in [2.24, 2.45) is 0 Å². The van der Waals surface area contributed by atoms with Gasteiger partial charge in [-0.3, -0.25) is 5.10 Å². The average molecular weight is 217 g/mol. The normalized spacial score (nSPS) is 11.7. The summed E-state index contributed by atoms with van der Waals surface area (Å²) in [6.07, 6.45) is 0. The van der Waals surface area contributed by atoms with E-state index in [4.69, 9.17) is 5.73 Å². The van der Waals surface area contributed by atoms with Gasteiger partial charge in [-0.05, 0) is 19.4 Å². The van der Waals surface area contributed by atoms with Crippen LogP contribution in [0.15, 0.2) is 30.3 Å². The van der Waals surface area contributed by atoms with E-state index in [0.717, 1.165) is 16.8 Å². The number of hydrogen-bond donors (Lipinski definition) is 3. The summed E-state index contributed by atoms with van der Waals surface area (Å²) >= 11 is 0. The van der Waals surface area contributed by atoms with Crippen molar-refractivity contribution in [2.45, 2.75) is 19.4 Å².